The van der Waals surface area contributed by atoms with Crippen molar-refractivity contribution in [3.05, 3.63) is 35.4 Å². The van der Waals surface area contributed by atoms with Crippen LogP contribution in [0, 0.1) is 0 Å². The third kappa shape index (κ3) is 5.51. The molecule has 0 aromatic heterocycles. The molecule has 0 bridgehead atoms. The molecule has 0 unspecified atom stereocenters. The van der Waals surface area contributed by atoms with Crippen LogP contribution in [0.2, 0.25) is 0 Å². The molecule has 1 saturated carbocycles. The summed E-state index contributed by atoms with van der Waals surface area (Å²) in [6.07, 6.45) is -1.68. The topological polar surface area (TPSA) is 15.3 Å². The van der Waals surface area contributed by atoms with Crippen LogP contribution in [-0.2, 0) is 13.1 Å². The lowest BCUT2D eigenvalue weighted by Crippen LogP contribution is -2.33. The molecule has 2 rings (SSSR count). The molecular weight excluding hydrogens is 265 g/mol. The highest BCUT2D eigenvalue weighted by Gasteiger charge is 2.30. The smallest absolute Gasteiger partial charge is 0.310 e. The third-order valence-electron chi connectivity index (χ3n) is 3.42. The van der Waals surface area contributed by atoms with Crippen molar-refractivity contribution in [2.75, 3.05) is 13.1 Å². The number of benzene rings is 1. The van der Waals surface area contributed by atoms with E-state index in [0.29, 0.717) is 19.1 Å². The lowest BCUT2D eigenvalue weighted by molar-refractivity contribution is -0.146. The van der Waals surface area contributed by atoms with Gasteiger partial charge in [0.1, 0.15) is 0 Å². The van der Waals surface area contributed by atoms with Crippen molar-refractivity contribution in [1.82, 2.24) is 10.2 Å². The first-order chi connectivity index (χ1) is 9.46. The van der Waals surface area contributed by atoms with Crippen LogP contribution in [0.1, 0.15) is 30.9 Å². The van der Waals surface area contributed by atoms with Gasteiger partial charge in [0.15, 0.2) is 0 Å². The molecule has 0 saturated heterocycles. The molecule has 1 aliphatic rings. The Labute approximate surface area is 118 Å². The molecule has 112 valence electrons. The van der Waals surface area contributed by atoms with E-state index in [9.17, 15) is 13.2 Å². The fourth-order valence-corrected chi connectivity index (χ4v) is 2.18. The molecule has 1 aromatic carbocycles. The Morgan fingerprint density at radius 1 is 1.25 bits per heavy atom. The number of nitrogens with one attached hydrogen (secondary N) is 1. The van der Waals surface area contributed by atoms with Crippen molar-refractivity contribution in [3.8, 4) is 0 Å². The summed E-state index contributed by atoms with van der Waals surface area (Å²) < 4.78 is 37.3. The molecule has 1 N–H and O–H groups in total. The lowest BCUT2D eigenvalue weighted by Gasteiger charge is -2.22. The number of nitrogens with zero attached hydrogens (tertiary/aromatic N) is 1. The third-order valence-corrected chi connectivity index (χ3v) is 3.42. The average molecular weight is 286 g/mol. The predicted molar refractivity (Wildman–Crippen MR) is 73.3 cm³/mol. The molecule has 1 aliphatic carbocycles. The molecule has 0 amide bonds. The number of hydrogen-bond donors (Lipinski definition) is 1. The minimum absolute atomic E-state index is 0.341. The SMILES string of the molecule is CCN(Cc1cccc(CNC2CC2)c1)CC(F)(F)F. The molecule has 0 atom stereocenters. The number of rotatable bonds is 7. The highest BCUT2D eigenvalue weighted by Crippen LogP contribution is 2.20. The first-order valence-electron chi connectivity index (χ1n) is 7.06. The Morgan fingerprint density at radius 3 is 2.55 bits per heavy atom. The minimum atomic E-state index is -4.14. The zero-order chi connectivity index (χ0) is 14.6. The Bertz CT molecular complexity index is 427. The Balaban J connectivity index is 1.91. The number of alkyl halides is 3. The largest absolute Gasteiger partial charge is 0.401 e. The van der Waals surface area contributed by atoms with Gasteiger partial charge in [-0.05, 0) is 30.5 Å². The van der Waals surface area contributed by atoms with Crippen LogP contribution in [-0.4, -0.2) is 30.2 Å². The number of halogens is 3. The summed E-state index contributed by atoms with van der Waals surface area (Å²) in [5.41, 5.74) is 2.07. The van der Waals surface area contributed by atoms with Crippen molar-refractivity contribution < 1.29 is 13.2 Å². The van der Waals surface area contributed by atoms with Gasteiger partial charge in [-0.25, -0.2) is 0 Å². The van der Waals surface area contributed by atoms with Crippen molar-refractivity contribution in [3.63, 3.8) is 0 Å². The molecule has 0 radical (unpaired) electrons. The summed E-state index contributed by atoms with van der Waals surface area (Å²) >= 11 is 0. The van der Waals surface area contributed by atoms with Crippen LogP contribution < -0.4 is 5.32 Å². The maximum atomic E-state index is 12.4. The predicted octanol–water partition coefficient (Wildman–Crippen LogP) is 3.32. The second-order valence-corrected chi connectivity index (χ2v) is 5.39. The van der Waals surface area contributed by atoms with Crippen molar-refractivity contribution in [2.45, 2.75) is 45.1 Å². The Morgan fingerprint density at radius 2 is 1.95 bits per heavy atom. The van der Waals surface area contributed by atoms with Gasteiger partial charge in [0.05, 0.1) is 6.54 Å². The molecule has 5 heteroatoms. The zero-order valence-corrected chi connectivity index (χ0v) is 11.7. The van der Waals surface area contributed by atoms with E-state index < -0.39 is 12.7 Å². The summed E-state index contributed by atoms with van der Waals surface area (Å²) in [4.78, 5) is 1.41. The van der Waals surface area contributed by atoms with Gasteiger partial charge in [-0.2, -0.15) is 13.2 Å². The maximum absolute atomic E-state index is 12.4. The van der Waals surface area contributed by atoms with E-state index in [1.54, 1.807) is 6.92 Å². The van der Waals surface area contributed by atoms with Crippen LogP contribution in [0.25, 0.3) is 0 Å². The van der Waals surface area contributed by atoms with Gasteiger partial charge in [-0.15, -0.1) is 0 Å². The molecule has 0 spiro atoms. The van der Waals surface area contributed by atoms with Crippen LogP contribution >= 0.6 is 0 Å². The second kappa shape index (κ2) is 6.59. The molecule has 0 aliphatic heterocycles. The summed E-state index contributed by atoms with van der Waals surface area (Å²) in [5, 5.41) is 3.41. The maximum Gasteiger partial charge on any atom is 0.401 e. The van der Waals surface area contributed by atoms with Gasteiger partial charge < -0.3 is 5.32 Å². The van der Waals surface area contributed by atoms with E-state index in [4.69, 9.17) is 0 Å². The Hall–Kier alpha value is -1.07. The summed E-state index contributed by atoms with van der Waals surface area (Å²) in [5.74, 6) is 0. The van der Waals surface area contributed by atoms with Gasteiger partial charge in [0.25, 0.3) is 0 Å². The van der Waals surface area contributed by atoms with E-state index in [0.717, 1.165) is 17.7 Å². The number of hydrogen-bond acceptors (Lipinski definition) is 2. The zero-order valence-electron chi connectivity index (χ0n) is 11.7. The van der Waals surface area contributed by atoms with Gasteiger partial charge in [-0.3, -0.25) is 4.90 Å². The molecule has 1 fully saturated rings. The van der Waals surface area contributed by atoms with Crippen molar-refractivity contribution in [1.29, 1.82) is 0 Å². The van der Waals surface area contributed by atoms with E-state index in [1.165, 1.54) is 17.7 Å². The molecule has 0 heterocycles. The average Bonchev–Trinajstić information content (AvgIpc) is 3.18. The van der Waals surface area contributed by atoms with Gasteiger partial charge in [0, 0.05) is 19.1 Å². The molecular formula is C15H21F3N2. The first kappa shape index (κ1) is 15.3. The summed E-state index contributed by atoms with van der Waals surface area (Å²) in [6, 6.07) is 8.45. The second-order valence-electron chi connectivity index (χ2n) is 5.39. The van der Waals surface area contributed by atoms with Gasteiger partial charge >= 0.3 is 6.18 Å². The monoisotopic (exact) mass is 286 g/mol. The highest BCUT2D eigenvalue weighted by molar-refractivity contribution is 5.23. The van der Waals surface area contributed by atoms with Gasteiger partial charge in [-0.1, -0.05) is 31.2 Å². The van der Waals surface area contributed by atoms with Crippen molar-refractivity contribution >= 4 is 0 Å². The molecule has 20 heavy (non-hydrogen) atoms. The summed E-state index contributed by atoms with van der Waals surface area (Å²) in [7, 11) is 0. The summed E-state index contributed by atoms with van der Waals surface area (Å²) in [6.45, 7) is 2.43. The fraction of sp³-hybridized carbons (Fsp3) is 0.600. The van der Waals surface area contributed by atoms with E-state index >= 15 is 0 Å². The van der Waals surface area contributed by atoms with Gasteiger partial charge in [0.2, 0.25) is 0 Å². The quantitative estimate of drug-likeness (QED) is 0.827. The molecule has 2 nitrogen and oxygen atoms in total. The van der Waals surface area contributed by atoms with Crippen LogP contribution in [0.4, 0.5) is 13.2 Å². The van der Waals surface area contributed by atoms with Crippen LogP contribution in [0.3, 0.4) is 0 Å². The first-order valence-corrected chi connectivity index (χ1v) is 7.06. The van der Waals surface area contributed by atoms with Crippen LogP contribution in [0.15, 0.2) is 24.3 Å². The van der Waals surface area contributed by atoms with E-state index in [-0.39, 0.29) is 0 Å². The van der Waals surface area contributed by atoms with E-state index in [1.807, 2.05) is 24.3 Å². The van der Waals surface area contributed by atoms with Crippen LogP contribution in [0.5, 0.6) is 0 Å². The minimum Gasteiger partial charge on any atom is -0.310 e. The fourth-order valence-electron chi connectivity index (χ4n) is 2.18. The highest BCUT2D eigenvalue weighted by atomic mass is 19.4. The normalized spacial score (nSPS) is 15.8. The lowest BCUT2D eigenvalue weighted by atomic mass is 10.1. The standard InChI is InChI=1S/C15H21F3N2/c1-2-20(11-15(16,17)18)10-13-5-3-4-12(8-13)9-19-14-6-7-14/h3-5,8,14,19H,2,6-7,9-11H2,1H3. The Kier molecular flexibility index (Phi) is 5.05. The van der Waals surface area contributed by atoms with E-state index in [2.05, 4.69) is 5.32 Å². The van der Waals surface area contributed by atoms with Crippen molar-refractivity contribution in [2.24, 2.45) is 0 Å². The molecule has 1 aromatic rings.